The Morgan fingerprint density at radius 3 is 2.48 bits per heavy atom. The van der Waals surface area contributed by atoms with Gasteiger partial charge < -0.3 is 30.5 Å². The van der Waals surface area contributed by atoms with E-state index in [-0.39, 0.29) is 46.6 Å². The van der Waals surface area contributed by atoms with Crippen LogP contribution in [-0.2, 0) is 11.2 Å². The van der Waals surface area contributed by atoms with Crippen molar-refractivity contribution in [1.82, 2.24) is 15.6 Å². The van der Waals surface area contributed by atoms with Gasteiger partial charge in [-0.05, 0) is 60.6 Å². The van der Waals surface area contributed by atoms with E-state index in [1.165, 1.54) is 61.8 Å². The molecule has 0 aliphatic heterocycles. The van der Waals surface area contributed by atoms with Crippen molar-refractivity contribution in [3.05, 3.63) is 89.6 Å². The predicted molar refractivity (Wildman–Crippen MR) is 158 cm³/mol. The monoisotopic (exact) mass is 594 g/mol. The molecule has 0 spiro atoms. The number of ether oxygens (including phenoxy) is 2. The van der Waals surface area contributed by atoms with Crippen molar-refractivity contribution in [2.24, 2.45) is 0 Å². The molecule has 1 unspecified atom stereocenters. The van der Waals surface area contributed by atoms with Crippen LogP contribution >= 0.6 is 12.2 Å². The van der Waals surface area contributed by atoms with Gasteiger partial charge in [0, 0.05) is 35.9 Å². The Morgan fingerprint density at radius 2 is 1.79 bits per heavy atom. The highest BCUT2D eigenvalue weighted by Gasteiger charge is 2.18. The normalized spacial score (nSPS) is 11.5. The summed E-state index contributed by atoms with van der Waals surface area (Å²) in [5.41, 5.74) is 1.52. The molecule has 0 saturated carbocycles. The number of rotatable bonds is 10. The molecule has 12 heteroatoms. The van der Waals surface area contributed by atoms with Crippen LogP contribution in [0.3, 0.4) is 0 Å². The predicted octanol–water partition coefficient (Wildman–Crippen LogP) is 4.87. The summed E-state index contributed by atoms with van der Waals surface area (Å²) in [6.45, 7) is 1.87. The molecule has 2 amide bonds. The third-order valence-corrected chi connectivity index (χ3v) is 6.38. The Bertz CT molecular complexity index is 1620. The standard InChI is InChI=1S/C30H28F2N4O5S/c1-3-20(37)16-34-29(39)22-14-21-24(15-27(22)40-2)33-11-10-25(21)41-26-9-8-19(13-23(26)32)35-30(42)36-28(38)12-17-4-6-18(31)7-5-17/h4-11,13-15,20,37H,3,12,16H2,1-2H3,(H,34,39)(H2,35,36,38,42). The molecular weight excluding hydrogens is 566 g/mol. The van der Waals surface area contributed by atoms with Crippen molar-refractivity contribution in [1.29, 1.82) is 0 Å². The van der Waals surface area contributed by atoms with Crippen molar-refractivity contribution in [2.45, 2.75) is 25.9 Å². The van der Waals surface area contributed by atoms with Crippen molar-refractivity contribution in [3.63, 3.8) is 0 Å². The number of carbonyl (C=O) groups is 2. The van der Waals surface area contributed by atoms with Crippen LogP contribution < -0.4 is 25.4 Å². The van der Waals surface area contributed by atoms with Crippen molar-refractivity contribution >= 4 is 45.7 Å². The van der Waals surface area contributed by atoms with Gasteiger partial charge in [-0.2, -0.15) is 0 Å². The molecule has 3 aromatic carbocycles. The average Bonchev–Trinajstić information content (AvgIpc) is 2.97. The summed E-state index contributed by atoms with van der Waals surface area (Å²) < 4.78 is 39.3. The van der Waals surface area contributed by atoms with E-state index >= 15 is 4.39 Å². The second kappa shape index (κ2) is 13.8. The highest BCUT2D eigenvalue weighted by atomic mass is 32.1. The molecule has 1 atom stereocenters. The van der Waals surface area contributed by atoms with Gasteiger partial charge >= 0.3 is 0 Å². The molecule has 4 rings (SSSR count). The molecule has 0 radical (unpaired) electrons. The average molecular weight is 595 g/mol. The zero-order chi connectivity index (χ0) is 30.2. The van der Waals surface area contributed by atoms with Crippen LogP contribution in [0, 0.1) is 11.6 Å². The van der Waals surface area contributed by atoms with Crippen LogP contribution in [0.2, 0.25) is 0 Å². The summed E-state index contributed by atoms with van der Waals surface area (Å²) in [5, 5.41) is 18.1. The third kappa shape index (κ3) is 7.74. The van der Waals surface area contributed by atoms with Crippen LogP contribution in [0.15, 0.2) is 66.9 Å². The number of thiocarbonyl (C=S) groups is 1. The number of pyridine rings is 1. The molecule has 0 aliphatic carbocycles. The van der Waals surface area contributed by atoms with Crippen LogP contribution in [-0.4, -0.2) is 46.8 Å². The second-order valence-corrected chi connectivity index (χ2v) is 9.61. The van der Waals surface area contributed by atoms with Crippen molar-refractivity contribution in [2.75, 3.05) is 19.0 Å². The Morgan fingerprint density at radius 1 is 1.02 bits per heavy atom. The maximum atomic E-state index is 15.1. The summed E-state index contributed by atoms with van der Waals surface area (Å²) in [6.07, 6.45) is 1.26. The molecule has 9 nitrogen and oxygen atoms in total. The molecule has 218 valence electrons. The first-order valence-electron chi connectivity index (χ1n) is 12.9. The first-order valence-corrected chi connectivity index (χ1v) is 13.3. The molecule has 4 N–H and O–H groups in total. The lowest BCUT2D eigenvalue weighted by Crippen LogP contribution is -2.35. The Kier molecular flexibility index (Phi) is 9.94. The number of aromatic nitrogens is 1. The zero-order valence-electron chi connectivity index (χ0n) is 22.7. The molecule has 42 heavy (non-hydrogen) atoms. The molecular formula is C30H28F2N4O5S. The maximum absolute atomic E-state index is 15.1. The summed E-state index contributed by atoms with van der Waals surface area (Å²) in [5.74, 6) is -1.59. The second-order valence-electron chi connectivity index (χ2n) is 9.20. The van der Waals surface area contributed by atoms with E-state index < -0.39 is 29.6 Å². The number of aliphatic hydroxyl groups is 1. The van der Waals surface area contributed by atoms with E-state index in [1.807, 2.05) is 0 Å². The summed E-state index contributed by atoms with van der Waals surface area (Å²) in [6, 6.07) is 14.2. The maximum Gasteiger partial charge on any atom is 0.255 e. The van der Waals surface area contributed by atoms with Crippen molar-refractivity contribution in [3.8, 4) is 17.2 Å². The van der Waals surface area contributed by atoms with Gasteiger partial charge in [-0.25, -0.2) is 8.78 Å². The minimum atomic E-state index is -0.717. The minimum absolute atomic E-state index is 0.0148. The summed E-state index contributed by atoms with van der Waals surface area (Å²) in [7, 11) is 1.42. The van der Waals surface area contributed by atoms with E-state index in [4.69, 9.17) is 21.7 Å². The number of hydrogen-bond donors (Lipinski definition) is 4. The van der Waals surface area contributed by atoms with Gasteiger partial charge in [0.05, 0.1) is 30.7 Å². The molecule has 0 aliphatic rings. The quantitative estimate of drug-likeness (QED) is 0.192. The van der Waals surface area contributed by atoms with Crippen LogP contribution in [0.4, 0.5) is 14.5 Å². The number of halogens is 2. The Balaban J connectivity index is 1.47. The topological polar surface area (TPSA) is 122 Å². The number of fused-ring (bicyclic) bond motifs is 1. The van der Waals surface area contributed by atoms with E-state index in [2.05, 4.69) is 20.9 Å². The minimum Gasteiger partial charge on any atom is -0.496 e. The van der Waals surface area contributed by atoms with Crippen LogP contribution in [0.25, 0.3) is 10.9 Å². The fourth-order valence-corrected chi connectivity index (χ4v) is 4.17. The molecule has 4 aromatic rings. The summed E-state index contributed by atoms with van der Waals surface area (Å²) in [4.78, 5) is 29.4. The summed E-state index contributed by atoms with van der Waals surface area (Å²) >= 11 is 5.16. The third-order valence-electron chi connectivity index (χ3n) is 6.18. The van der Waals surface area contributed by atoms with Gasteiger partial charge in [0.1, 0.15) is 17.3 Å². The number of amides is 2. The number of nitrogens with zero attached hydrogens (tertiary/aromatic N) is 1. The van der Waals surface area contributed by atoms with E-state index in [0.717, 1.165) is 6.07 Å². The number of benzene rings is 3. The smallest absolute Gasteiger partial charge is 0.255 e. The number of hydrogen-bond acceptors (Lipinski definition) is 7. The van der Waals surface area contributed by atoms with Gasteiger partial charge in [0.25, 0.3) is 5.91 Å². The van der Waals surface area contributed by atoms with Gasteiger partial charge in [-0.1, -0.05) is 19.1 Å². The highest BCUT2D eigenvalue weighted by molar-refractivity contribution is 7.80. The largest absolute Gasteiger partial charge is 0.496 e. The van der Waals surface area contributed by atoms with Gasteiger partial charge in [-0.15, -0.1) is 0 Å². The number of carbonyl (C=O) groups excluding carboxylic acids is 2. The molecule has 0 fully saturated rings. The molecule has 1 heterocycles. The van der Waals surface area contributed by atoms with Crippen molar-refractivity contribution < 1.29 is 33.0 Å². The molecule has 0 bridgehead atoms. The first-order chi connectivity index (χ1) is 20.2. The number of methoxy groups -OCH3 is 1. The van der Waals surface area contributed by atoms with Gasteiger partial charge in [-0.3, -0.25) is 14.6 Å². The highest BCUT2D eigenvalue weighted by Crippen LogP contribution is 2.34. The lowest BCUT2D eigenvalue weighted by Gasteiger charge is -2.15. The fourth-order valence-electron chi connectivity index (χ4n) is 3.93. The lowest BCUT2D eigenvalue weighted by molar-refractivity contribution is -0.119. The Hall–Kier alpha value is -4.68. The Labute approximate surface area is 245 Å². The van der Waals surface area contributed by atoms with Crippen LogP contribution in [0.1, 0.15) is 29.3 Å². The number of anilines is 1. The van der Waals surface area contributed by atoms with Gasteiger partial charge in [0.15, 0.2) is 16.7 Å². The van der Waals surface area contributed by atoms with Gasteiger partial charge in [0.2, 0.25) is 5.91 Å². The fraction of sp³-hybridized carbons (Fsp3) is 0.200. The number of nitrogens with one attached hydrogen (secondary N) is 3. The van der Waals surface area contributed by atoms with E-state index in [0.29, 0.717) is 22.9 Å². The lowest BCUT2D eigenvalue weighted by atomic mass is 10.1. The molecule has 0 saturated heterocycles. The number of aliphatic hydroxyl groups excluding tert-OH is 1. The van der Waals surface area contributed by atoms with E-state index in [9.17, 15) is 19.1 Å². The zero-order valence-corrected chi connectivity index (χ0v) is 23.6. The molecule has 1 aromatic heterocycles. The van der Waals surface area contributed by atoms with E-state index in [1.54, 1.807) is 13.0 Å². The van der Waals surface area contributed by atoms with Crippen LogP contribution in [0.5, 0.6) is 17.2 Å². The SMILES string of the molecule is CCC(O)CNC(=O)c1cc2c(Oc3ccc(NC(=S)NC(=O)Cc4ccc(F)cc4)cc3F)ccnc2cc1OC. The first kappa shape index (κ1) is 30.3.